The number of hydrogen-bond acceptors (Lipinski definition) is 2. The van der Waals surface area contributed by atoms with Gasteiger partial charge in [0, 0.05) is 24.2 Å². The fraction of sp³-hybridized carbons (Fsp3) is 0.316. The number of aryl methyl sites for hydroxylation is 1. The molecule has 1 unspecified atom stereocenters. The van der Waals surface area contributed by atoms with E-state index in [0.717, 1.165) is 6.54 Å². The van der Waals surface area contributed by atoms with E-state index in [-0.39, 0.29) is 0 Å². The molecule has 0 aliphatic heterocycles. The molecule has 1 aromatic heterocycles. The SMILES string of the molecule is CCCSC(Cn1ccnc1)c1ccc2cc(C)ccc2c1. The van der Waals surface area contributed by atoms with Gasteiger partial charge in [0.1, 0.15) is 0 Å². The van der Waals surface area contributed by atoms with Crippen molar-refractivity contribution in [3.05, 3.63) is 66.2 Å². The summed E-state index contributed by atoms with van der Waals surface area (Å²) in [6.07, 6.45) is 7.01. The number of thioether (sulfide) groups is 1. The number of nitrogens with zero attached hydrogens (tertiary/aromatic N) is 2. The Morgan fingerprint density at radius 2 is 1.95 bits per heavy atom. The Kier molecular flexibility index (Phi) is 4.84. The summed E-state index contributed by atoms with van der Waals surface area (Å²) >= 11 is 2.04. The van der Waals surface area contributed by atoms with Gasteiger partial charge in [0.05, 0.1) is 6.33 Å². The molecular formula is C19H22N2S. The van der Waals surface area contributed by atoms with E-state index in [1.807, 2.05) is 30.5 Å². The zero-order valence-electron chi connectivity index (χ0n) is 13.2. The van der Waals surface area contributed by atoms with Crippen LogP contribution in [0.5, 0.6) is 0 Å². The molecular weight excluding hydrogens is 288 g/mol. The second kappa shape index (κ2) is 7.01. The molecule has 3 heteroatoms. The zero-order chi connectivity index (χ0) is 15.4. The molecule has 0 fully saturated rings. The van der Waals surface area contributed by atoms with Crippen LogP contribution < -0.4 is 0 Å². The summed E-state index contributed by atoms with van der Waals surface area (Å²) in [6.45, 7) is 5.36. The Morgan fingerprint density at radius 1 is 1.14 bits per heavy atom. The molecule has 1 heterocycles. The van der Waals surface area contributed by atoms with E-state index in [0.29, 0.717) is 5.25 Å². The molecule has 0 amide bonds. The van der Waals surface area contributed by atoms with Crippen LogP contribution in [0.15, 0.2) is 55.1 Å². The van der Waals surface area contributed by atoms with E-state index in [4.69, 9.17) is 0 Å². The molecule has 0 saturated carbocycles. The largest absolute Gasteiger partial charge is 0.336 e. The summed E-state index contributed by atoms with van der Waals surface area (Å²) in [5.41, 5.74) is 2.72. The molecule has 0 radical (unpaired) electrons. The Labute approximate surface area is 136 Å². The Bertz CT molecular complexity index is 734. The first-order chi connectivity index (χ1) is 10.8. The number of imidazole rings is 1. The van der Waals surface area contributed by atoms with Gasteiger partial charge in [0.2, 0.25) is 0 Å². The van der Waals surface area contributed by atoms with Crippen LogP contribution in [0.25, 0.3) is 10.8 Å². The summed E-state index contributed by atoms with van der Waals surface area (Å²) in [6, 6.07) is 13.6. The monoisotopic (exact) mass is 310 g/mol. The highest BCUT2D eigenvalue weighted by Crippen LogP contribution is 2.33. The fourth-order valence-electron chi connectivity index (χ4n) is 2.68. The van der Waals surface area contributed by atoms with Gasteiger partial charge in [-0.3, -0.25) is 0 Å². The van der Waals surface area contributed by atoms with E-state index in [1.54, 1.807) is 0 Å². The Balaban J connectivity index is 1.90. The number of fused-ring (bicyclic) bond motifs is 1. The van der Waals surface area contributed by atoms with Gasteiger partial charge in [-0.2, -0.15) is 11.8 Å². The minimum atomic E-state index is 0.472. The molecule has 0 aliphatic rings. The highest BCUT2D eigenvalue weighted by Gasteiger charge is 2.13. The van der Waals surface area contributed by atoms with Crippen LogP contribution in [-0.4, -0.2) is 15.3 Å². The summed E-state index contributed by atoms with van der Waals surface area (Å²) in [4.78, 5) is 4.16. The highest BCUT2D eigenvalue weighted by atomic mass is 32.2. The molecule has 0 saturated heterocycles. The van der Waals surface area contributed by atoms with Crippen molar-refractivity contribution >= 4 is 22.5 Å². The third kappa shape index (κ3) is 3.53. The average Bonchev–Trinajstić information content (AvgIpc) is 3.04. The van der Waals surface area contributed by atoms with Crippen molar-refractivity contribution in [2.45, 2.75) is 32.1 Å². The lowest BCUT2D eigenvalue weighted by Gasteiger charge is -2.18. The lowest BCUT2D eigenvalue weighted by molar-refractivity contribution is 0.683. The van der Waals surface area contributed by atoms with Crippen molar-refractivity contribution in [2.75, 3.05) is 5.75 Å². The fourth-order valence-corrected chi connectivity index (χ4v) is 3.82. The van der Waals surface area contributed by atoms with E-state index >= 15 is 0 Å². The van der Waals surface area contributed by atoms with Crippen LogP contribution in [0.1, 0.15) is 29.7 Å². The molecule has 22 heavy (non-hydrogen) atoms. The summed E-state index contributed by atoms with van der Waals surface area (Å²) in [5.74, 6) is 1.19. The lowest BCUT2D eigenvalue weighted by atomic mass is 10.0. The van der Waals surface area contributed by atoms with Crippen molar-refractivity contribution in [3.8, 4) is 0 Å². The van der Waals surface area contributed by atoms with Crippen LogP contribution in [-0.2, 0) is 6.54 Å². The van der Waals surface area contributed by atoms with Crippen molar-refractivity contribution in [1.82, 2.24) is 9.55 Å². The predicted octanol–water partition coefficient (Wildman–Crippen LogP) is 5.23. The van der Waals surface area contributed by atoms with Crippen molar-refractivity contribution in [3.63, 3.8) is 0 Å². The summed E-state index contributed by atoms with van der Waals surface area (Å²) < 4.78 is 2.17. The van der Waals surface area contributed by atoms with Crippen molar-refractivity contribution < 1.29 is 0 Å². The minimum absolute atomic E-state index is 0.472. The van der Waals surface area contributed by atoms with Crippen LogP contribution >= 0.6 is 11.8 Å². The summed E-state index contributed by atoms with van der Waals surface area (Å²) in [7, 11) is 0. The van der Waals surface area contributed by atoms with Gasteiger partial charge in [-0.1, -0.05) is 42.8 Å². The first-order valence-electron chi connectivity index (χ1n) is 7.84. The van der Waals surface area contributed by atoms with Gasteiger partial charge < -0.3 is 4.57 Å². The molecule has 2 nitrogen and oxygen atoms in total. The van der Waals surface area contributed by atoms with Gasteiger partial charge in [0.25, 0.3) is 0 Å². The van der Waals surface area contributed by atoms with Gasteiger partial charge in [-0.25, -0.2) is 4.98 Å². The van der Waals surface area contributed by atoms with Crippen LogP contribution in [0.2, 0.25) is 0 Å². The van der Waals surface area contributed by atoms with E-state index < -0.39 is 0 Å². The quantitative estimate of drug-likeness (QED) is 0.620. The van der Waals surface area contributed by atoms with Gasteiger partial charge >= 0.3 is 0 Å². The van der Waals surface area contributed by atoms with Gasteiger partial charge in [-0.05, 0) is 41.5 Å². The first-order valence-corrected chi connectivity index (χ1v) is 8.89. The maximum absolute atomic E-state index is 4.16. The van der Waals surface area contributed by atoms with E-state index in [9.17, 15) is 0 Å². The maximum atomic E-state index is 4.16. The molecule has 0 spiro atoms. The number of benzene rings is 2. The number of aromatic nitrogens is 2. The maximum Gasteiger partial charge on any atom is 0.0946 e. The normalized spacial score (nSPS) is 12.6. The Morgan fingerprint density at radius 3 is 2.73 bits per heavy atom. The molecule has 0 aliphatic carbocycles. The Hall–Kier alpha value is -1.74. The van der Waals surface area contributed by atoms with Gasteiger partial charge in [0.15, 0.2) is 0 Å². The topological polar surface area (TPSA) is 17.8 Å². The second-order valence-corrected chi connectivity index (χ2v) is 7.04. The van der Waals surface area contributed by atoms with Crippen LogP contribution in [0.3, 0.4) is 0 Å². The molecule has 0 bridgehead atoms. The van der Waals surface area contributed by atoms with Crippen molar-refractivity contribution in [1.29, 1.82) is 0 Å². The molecule has 1 atom stereocenters. The minimum Gasteiger partial charge on any atom is -0.336 e. The molecule has 3 rings (SSSR count). The number of rotatable bonds is 6. The first kappa shape index (κ1) is 15.2. The molecule has 3 aromatic rings. The zero-order valence-corrected chi connectivity index (χ0v) is 14.0. The average molecular weight is 310 g/mol. The van der Waals surface area contributed by atoms with E-state index in [1.165, 1.54) is 34.1 Å². The van der Waals surface area contributed by atoms with Crippen LogP contribution in [0, 0.1) is 6.92 Å². The molecule has 0 N–H and O–H groups in total. The van der Waals surface area contributed by atoms with Gasteiger partial charge in [-0.15, -0.1) is 0 Å². The second-order valence-electron chi connectivity index (χ2n) is 5.73. The molecule has 2 aromatic carbocycles. The third-order valence-corrected chi connectivity index (χ3v) is 5.32. The lowest BCUT2D eigenvalue weighted by Crippen LogP contribution is -2.05. The van der Waals surface area contributed by atoms with E-state index in [2.05, 4.69) is 59.8 Å². The molecule has 114 valence electrons. The number of hydrogen-bond donors (Lipinski definition) is 0. The smallest absolute Gasteiger partial charge is 0.0946 e. The third-order valence-electron chi connectivity index (χ3n) is 3.85. The highest BCUT2D eigenvalue weighted by molar-refractivity contribution is 7.99. The van der Waals surface area contributed by atoms with Crippen LogP contribution in [0.4, 0.5) is 0 Å². The summed E-state index contributed by atoms with van der Waals surface area (Å²) in [5, 5.41) is 3.13. The van der Waals surface area contributed by atoms with Crippen molar-refractivity contribution in [2.24, 2.45) is 0 Å². The standard InChI is InChI=1S/C19H22N2S/c1-3-10-22-19(13-21-9-8-20-14-21)18-7-6-16-11-15(2)4-5-17(16)12-18/h4-9,11-12,14,19H,3,10,13H2,1-2H3. The predicted molar refractivity (Wildman–Crippen MR) is 96.4 cm³/mol.